The Bertz CT molecular complexity index is 789. The number of quaternary nitrogens is 1. The van der Waals surface area contributed by atoms with E-state index in [4.69, 9.17) is 0 Å². The third-order valence-electron chi connectivity index (χ3n) is 4.44. The fourth-order valence-electron chi connectivity index (χ4n) is 3.18. The van der Waals surface area contributed by atoms with Crippen LogP contribution in [0.1, 0.15) is 33.1 Å². The van der Waals surface area contributed by atoms with Gasteiger partial charge in [-0.15, -0.1) is 0 Å². The van der Waals surface area contributed by atoms with Crippen molar-refractivity contribution in [3.05, 3.63) is 24.3 Å². The van der Waals surface area contributed by atoms with Crippen LogP contribution in [-0.2, 0) is 19.6 Å². The third kappa shape index (κ3) is 6.57. The second-order valence-corrected chi connectivity index (χ2v) is 9.51. The molecule has 2 rings (SSSR count). The molecule has 1 saturated heterocycles. The number of hydrogen-bond donors (Lipinski definition) is 3. The molecule has 0 aliphatic carbocycles. The maximum absolute atomic E-state index is 12.8. The van der Waals surface area contributed by atoms with Crippen LogP contribution < -0.4 is 15.5 Å². The molecule has 1 heterocycles. The molecule has 1 aromatic rings. The predicted octanol–water partition coefficient (Wildman–Crippen LogP) is -0.161. The molecular weight excluding hydrogens is 380 g/mol. The number of carbonyl (C=O) groups is 2. The van der Waals surface area contributed by atoms with E-state index in [-0.39, 0.29) is 35.8 Å². The van der Waals surface area contributed by atoms with Crippen LogP contribution in [-0.4, -0.2) is 63.8 Å². The van der Waals surface area contributed by atoms with Crippen molar-refractivity contribution in [3.8, 4) is 0 Å². The lowest BCUT2D eigenvalue weighted by atomic mass is 10.2. The second-order valence-electron chi connectivity index (χ2n) is 7.57. The number of rotatable bonds is 8. The minimum Gasteiger partial charge on any atom is -0.349 e. The first-order valence-electron chi connectivity index (χ1n) is 9.69. The van der Waals surface area contributed by atoms with Crippen molar-refractivity contribution in [3.63, 3.8) is 0 Å². The predicted molar refractivity (Wildman–Crippen MR) is 108 cm³/mol. The average molecular weight is 412 g/mol. The smallest absolute Gasteiger partial charge is 0.279 e. The Morgan fingerprint density at radius 1 is 1.11 bits per heavy atom. The number of hydrogen-bond acceptors (Lipinski definition) is 4. The molecule has 1 unspecified atom stereocenters. The summed E-state index contributed by atoms with van der Waals surface area (Å²) in [7, 11) is -1.79. The zero-order chi connectivity index (χ0) is 20.7. The summed E-state index contributed by atoms with van der Waals surface area (Å²) in [5, 5.41) is 5.52. The Hall–Kier alpha value is -1.97. The summed E-state index contributed by atoms with van der Waals surface area (Å²) in [6.45, 7) is 5.12. The van der Waals surface area contributed by atoms with Gasteiger partial charge in [-0.05, 0) is 44.9 Å². The lowest BCUT2D eigenvalue weighted by Crippen LogP contribution is -3.11. The van der Waals surface area contributed by atoms with Gasteiger partial charge in [0.2, 0.25) is 10.0 Å². The summed E-state index contributed by atoms with van der Waals surface area (Å²) in [4.78, 5) is 25.0. The first-order chi connectivity index (χ1) is 13.2. The number of anilines is 1. The molecule has 3 N–H and O–H groups in total. The van der Waals surface area contributed by atoms with Gasteiger partial charge in [0, 0.05) is 24.8 Å². The molecule has 156 valence electrons. The molecule has 0 bridgehead atoms. The molecular formula is C19H31N4O4S+. The van der Waals surface area contributed by atoms with Crippen molar-refractivity contribution in [1.29, 1.82) is 0 Å². The largest absolute Gasteiger partial charge is 0.349 e. The molecule has 0 aromatic heterocycles. The van der Waals surface area contributed by atoms with Gasteiger partial charge in [0.15, 0.2) is 13.1 Å². The summed E-state index contributed by atoms with van der Waals surface area (Å²) in [5.41, 5.74) is 0.433. The normalized spacial score (nSPS) is 16.6. The number of nitrogens with one attached hydrogen (secondary N) is 3. The second kappa shape index (κ2) is 9.99. The molecule has 1 fully saturated rings. The highest BCUT2D eigenvalue weighted by molar-refractivity contribution is 7.89. The average Bonchev–Trinajstić information content (AvgIpc) is 2.61. The van der Waals surface area contributed by atoms with Crippen molar-refractivity contribution < 1.29 is 22.9 Å². The Kier molecular flexibility index (Phi) is 7.97. The van der Waals surface area contributed by atoms with Crippen LogP contribution in [0.5, 0.6) is 0 Å². The van der Waals surface area contributed by atoms with Crippen molar-refractivity contribution in [2.24, 2.45) is 0 Å². The van der Waals surface area contributed by atoms with E-state index in [2.05, 4.69) is 10.6 Å². The summed E-state index contributed by atoms with van der Waals surface area (Å²) in [6, 6.07) is 6.38. The van der Waals surface area contributed by atoms with E-state index in [1.54, 1.807) is 25.2 Å². The van der Waals surface area contributed by atoms with Crippen LogP contribution in [0.25, 0.3) is 0 Å². The minimum atomic E-state index is -3.55. The van der Waals surface area contributed by atoms with E-state index in [9.17, 15) is 18.0 Å². The standard InChI is InChI=1S/C19H30N4O4S/c1-15(2)20-18(24)13-22(3)14-19(25)21-16-8-7-9-17(12-16)28(26,27)23-10-5-4-6-11-23/h7-9,12,15H,4-6,10-11,13-14H2,1-3H3,(H,20,24)(H,21,25)/p+1. The van der Waals surface area contributed by atoms with E-state index in [1.165, 1.54) is 10.4 Å². The van der Waals surface area contributed by atoms with Gasteiger partial charge in [-0.1, -0.05) is 12.5 Å². The van der Waals surface area contributed by atoms with Crippen LogP contribution in [0.2, 0.25) is 0 Å². The van der Waals surface area contributed by atoms with E-state index < -0.39 is 10.0 Å². The number of carbonyl (C=O) groups excluding carboxylic acids is 2. The van der Waals surface area contributed by atoms with Crippen molar-refractivity contribution >= 4 is 27.5 Å². The molecule has 1 aromatic carbocycles. The Morgan fingerprint density at radius 2 is 1.75 bits per heavy atom. The summed E-state index contributed by atoms with van der Waals surface area (Å²) < 4.78 is 27.1. The van der Waals surface area contributed by atoms with E-state index in [1.807, 2.05) is 13.8 Å². The van der Waals surface area contributed by atoms with E-state index in [0.717, 1.165) is 24.2 Å². The van der Waals surface area contributed by atoms with Gasteiger partial charge in [0.1, 0.15) is 0 Å². The molecule has 0 spiro atoms. The summed E-state index contributed by atoms with van der Waals surface area (Å²) >= 11 is 0. The number of piperidine rings is 1. The summed E-state index contributed by atoms with van der Waals surface area (Å²) in [6.07, 6.45) is 2.79. The molecule has 0 saturated carbocycles. The van der Waals surface area contributed by atoms with Gasteiger partial charge in [-0.3, -0.25) is 9.59 Å². The van der Waals surface area contributed by atoms with Crippen molar-refractivity contribution in [1.82, 2.24) is 9.62 Å². The SMILES string of the molecule is CC(C)NC(=O)C[NH+](C)CC(=O)Nc1cccc(S(=O)(=O)N2CCCCC2)c1. The van der Waals surface area contributed by atoms with Crippen LogP contribution in [0.4, 0.5) is 5.69 Å². The van der Waals surface area contributed by atoms with Crippen LogP contribution in [0, 0.1) is 0 Å². The lowest BCUT2D eigenvalue weighted by Gasteiger charge is -2.26. The highest BCUT2D eigenvalue weighted by atomic mass is 32.2. The molecule has 9 heteroatoms. The first kappa shape index (κ1) is 22.3. The lowest BCUT2D eigenvalue weighted by molar-refractivity contribution is -0.862. The fraction of sp³-hybridized carbons (Fsp3) is 0.579. The Labute approximate surface area is 167 Å². The maximum Gasteiger partial charge on any atom is 0.279 e. The van der Waals surface area contributed by atoms with Gasteiger partial charge < -0.3 is 15.5 Å². The monoisotopic (exact) mass is 411 g/mol. The van der Waals surface area contributed by atoms with Crippen molar-refractivity contribution in [2.75, 3.05) is 38.5 Å². The van der Waals surface area contributed by atoms with Gasteiger partial charge in [-0.2, -0.15) is 4.31 Å². The van der Waals surface area contributed by atoms with Gasteiger partial charge in [0.05, 0.1) is 11.9 Å². The Morgan fingerprint density at radius 3 is 2.39 bits per heavy atom. The molecule has 2 amide bonds. The first-order valence-corrected chi connectivity index (χ1v) is 11.1. The van der Waals surface area contributed by atoms with E-state index in [0.29, 0.717) is 18.8 Å². The number of amides is 2. The molecule has 1 aliphatic rings. The number of likely N-dealkylation sites (N-methyl/N-ethyl adjacent to an activating group) is 1. The summed E-state index contributed by atoms with van der Waals surface area (Å²) in [5.74, 6) is -0.391. The molecule has 1 atom stereocenters. The Balaban J connectivity index is 1.96. The van der Waals surface area contributed by atoms with Gasteiger partial charge in [-0.25, -0.2) is 8.42 Å². The third-order valence-corrected chi connectivity index (χ3v) is 6.34. The number of nitrogens with zero attached hydrogens (tertiary/aromatic N) is 1. The van der Waals surface area contributed by atoms with Crippen LogP contribution >= 0.6 is 0 Å². The van der Waals surface area contributed by atoms with E-state index >= 15 is 0 Å². The van der Waals surface area contributed by atoms with Crippen LogP contribution in [0.3, 0.4) is 0 Å². The molecule has 1 aliphatic heterocycles. The van der Waals surface area contributed by atoms with Gasteiger partial charge >= 0.3 is 0 Å². The highest BCUT2D eigenvalue weighted by Crippen LogP contribution is 2.22. The fourth-order valence-corrected chi connectivity index (χ4v) is 4.74. The topological polar surface area (TPSA) is 100 Å². The minimum absolute atomic E-state index is 0.0544. The molecule has 8 nitrogen and oxygen atoms in total. The molecule has 28 heavy (non-hydrogen) atoms. The quantitative estimate of drug-likeness (QED) is 0.553. The number of benzene rings is 1. The van der Waals surface area contributed by atoms with Crippen molar-refractivity contribution in [2.45, 2.75) is 44.0 Å². The zero-order valence-electron chi connectivity index (χ0n) is 16.8. The van der Waals surface area contributed by atoms with Crippen LogP contribution in [0.15, 0.2) is 29.2 Å². The highest BCUT2D eigenvalue weighted by Gasteiger charge is 2.26. The maximum atomic E-state index is 12.8. The number of sulfonamides is 1. The van der Waals surface area contributed by atoms with Gasteiger partial charge in [0.25, 0.3) is 11.8 Å². The molecule has 0 radical (unpaired) electrons. The zero-order valence-corrected chi connectivity index (χ0v) is 17.6.